The predicted octanol–water partition coefficient (Wildman–Crippen LogP) is 5.40. The Balaban J connectivity index is 1.45. The second-order valence-electron chi connectivity index (χ2n) is 7.52. The van der Waals surface area contributed by atoms with Crippen LogP contribution in [0.5, 0.6) is 5.75 Å². The molecule has 1 unspecified atom stereocenters. The smallest absolute Gasteiger partial charge is 0.232 e. The number of amides is 1. The first-order chi connectivity index (χ1) is 14.5. The first-order valence-corrected chi connectivity index (χ1v) is 10.6. The van der Waals surface area contributed by atoms with Gasteiger partial charge in [-0.1, -0.05) is 36.2 Å². The fourth-order valence-electron chi connectivity index (χ4n) is 3.43. The molecule has 156 valence electrons. The zero-order valence-corrected chi connectivity index (χ0v) is 17.9. The Morgan fingerprint density at radius 1 is 1.23 bits per heavy atom. The summed E-state index contributed by atoms with van der Waals surface area (Å²) in [6.45, 7) is 5.27. The topological polar surface area (TPSA) is 68.5 Å². The first-order valence-electron chi connectivity index (χ1n) is 10.2. The number of halogens is 1. The molecule has 0 aliphatic carbocycles. The predicted molar refractivity (Wildman–Crippen MR) is 116 cm³/mol. The highest BCUT2D eigenvalue weighted by molar-refractivity contribution is 6.31. The van der Waals surface area contributed by atoms with Crippen molar-refractivity contribution in [1.82, 2.24) is 10.1 Å². The van der Waals surface area contributed by atoms with E-state index in [0.29, 0.717) is 36.3 Å². The van der Waals surface area contributed by atoms with Crippen molar-refractivity contribution in [1.29, 1.82) is 0 Å². The molecule has 6 nitrogen and oxygen atoms in total. The van der Waals surface area contributed by atoms with Gasteiger partial charge in [-0.2, -0.15) is 4.98 Å². The van der Waals surface area contributed by atoms with Crippen molar-refractivity contribution in [3.05, 3.63) is 58.9 Å². The van der Waals surface area contributed by atoms with E-state index in [4.69, 9.17) is 20.9 Å². The molecule has 0 spiro atoms. The molecule has 1 aliphatic heterocycles. The van der Waals surface area contributed by atoms with Crippen molar-refractivity contribution in [2.75, 3.05) is 18.1 Å². The van der Waals surface area contributed by atoms with Crippen LogP contribution in [0, 0.1) is 6.92 Å². The molecule has 7 heteroatoms. The number of rotatable bonds is 7. The molecule has 0 saturated carbocycles. The number of carbonyl (C=O) groups is 1. The largest absolute Gasteiger partial charge is 0.494 e. The zero-order valence-electron chi connectivity index (χ0n) is 17.1. The lowest BCUT2D eigenvalue weighted by atomic mass is 10.1. The lowest BCUT2D eigenvalue weighted by Gasteiger charge is -2.17. The molecule has 1 amide bonds. The van der Waals surface area contributed by atoms with E-state index in [9.17, 15) is 4.79 Å². The highest BCUT2D eigenvalue weighted by Gasteiger charge is 2.35. The number of hydrogen-bond donors (Lipinski definition) is 0. The molecule has 0 N–H and O–H groups in total. The molecule has 2 heterocycles. The summed E-state index contributed by atoms with van der Waals surface area (Å²) >= 11 is 6.22. The minimum atomic E-state index is -0.143. The van der Waals surface area contributed by atoms with Crippen LogP contribution in [0.4, 0.5) is 5.69 Å². The van der Waals surface area contributed by atoms with Gasteiger partial charge in [-0.3, -0.25) is 4.79 Å². The van der Waals surface area contributed by atoms with Crippen LogP contribution in [0.1, 0.15) is 43.6 Å². The highest BCUT2D eigenvalue weighted by Crippen LogP contribution is 2.33. The van der Waals surface area contributed by atoms with Crippen LogP contribution in [-0.4, -0.2) is 29.2 Å². The van der Waals surface area contributed by atoms with Gasteiger partial charge < -0.3 is 14.2 Å². The third-order valence-corrected chi connectivity index (χ3v) is 5.67. The second-order valence-corrected chi connectivity index (χ2v) is 7.93. The van der Waals surface area contributed by atoms with Crippen LogP contribution in [0.2, 0.25) is 5.02 Å². The number of benzene rings is 2. The van der Waals surface area contributed by atoms with Crippen molar-refractivity contribution in [2.24, 2.45) is 0 Å². The Hall–Kier alpha value is -2.86. The fourth-order valence-corrected chi connectivity index (χ4v) is 3.60. The van der Waals surface area contributed by atoms with Crippen LogP contribution < -0.4 is 9.64 Å². The van der Waals surface area contributed by atoms with Gasteiger partial charge in [0.25, 0.3) is 0 Å². The Labute approximate surface area is 180 Å². The molecule has 30 heavy (non-hydrogen) atoms. The second kappa shape index (κ2) is 8.88. The molecule has 0 radical (unpaired) electrons. The lowest BCUT2D eigenvalue weighted by Crippen LogP contribution is -2.24. The number of aromatic nitrogens is 2. The van der Waals surface area contributed by atoms with Crippen molar-refractivity contribution in [3.63, 3.8) is 0 Å². The Morgan fingerprint density at radius 2 is 2.03 bits per heavy atom. The van der Waals surface area contributed by atoms with E-state index in [0.717, 1.165) is 35.4 Å². The standard InChI is InChI=1S/C23H24ClN3O3/c1-3-4-11-29-19-9-6-16(7-10-19)22-25-23(30-26-22)17-12-21(28)27(14-17)18-8-5-15(2)20(24)13-18/h5-10,13,17H,3-4,11-12,14H2,1-2H3. The van der Waals surface area contributed by atoms with E-state index >= 15 is 0 Å². The van der Waals surface area contributed by atoms with Gasteiger partial charge >= 0.3 is 0 Å². The Bertz CT molecular complexity index is 1030. The first kappa shape index (κ1) is 20.4. The molecule has 1 aliphatic rings. The molecular formula is C23H24ClN3O3. The SMILES string of the molecule is CCCCOc1ccc(-c2noc(C3CC(=O)N(c4ccc(C)c(Cl)c4)C3)n2)cc1. The summed E-state index contributed by atoms with van der Waals surface area (Å²) in [5.41, 5.74) is 2.61. The molecule has 1 saturated heterocycles. The summed E-state index contributed by atoms with van der Waals surface area (Å²) in [5, 5.41) is 4.75. The van der Waals surface area contributed by atoms with Crippen LogP contribution in [0.3, 0.4) is 0 Å². The van der Waals surface area contributed by atoms with E-state index in [-0.39, 0.29) is 11.8 Å². The number of nitrogens with zero attached hydrogens (tertiary/aromatic N) is 3. The monoisotopic (exact) mass is 425 g/mol. The number of ether oxygens (including phenoxy) is 1. The average molecular weight is 426 g/mol. The maximum Gasteiger partial charge on any atom is 0.232 e. The highest BCUT2D eigenvalue weighted by atomic mass is 35.5. The fraction of sp³-hybridized carbons (Fsp3) is 0.348. The maximum absolute atomic E-state index is 12.6. The lowest BCUT2D eigenvalue weighted by molar-refractivity contribution is -0.117. The Morgan fingerprint density at radius 3 is 2.77 bits per heavy atom. The molecule has 0 bridgehead atoms. The molecule has 1 atom stereocenters. The van der Waals surface area contributed by atoms with Gasteiger partial charge in [-0.05, 0) is 55.3 Å². The molecule has 3 aromatic rings. The van der Waals surface area contributed by atoms with Crippen LogP contribution in [0.15, 0.2) is 47.0 Å². The van der Waals surface area contributed by atoms with Gasteiger partial charge in [-0.15, -0.1) is 0 Å². The van der Waals surface area contributed by atoms with Gasteiger partial charge in [-0.25, -0.2) is 0 Å². The third kappa shape index (κ3) is 4.33. The van der Waals surface area contributed by atoms with Crippen molar-refractivity contribution in [3.8, 4) is 17.1 Å². The van der Waals surface area contributed by atoms with Gasteiger partial charge in [0.15, 0.2) is 0 Å². The van der Waals surface area contributed by atoms with Gasteiger partial charge in [0.05, 0.1) is 12.5 Å². The summed E-state index contributed by atoms with van der Waals surface area (Å²) in [6.07, 6.45) is 2.46. The molecule has 1 aromatic heterocycles. The Kier molecular flexibility index (Phi) is 6.04. The summed E-state index contributed by atoms with van der Waals surface area (Å²) < 4.78 is 11.2. The quantitative estimate of drug-likeness (QED) is 0.474. The molecule has 2 aromatic carbocycles. The van der Waals surface area contributed by atoms with Gasteiger partial charge in [0.2, 0.25) is 17.6 Å². The molecule has 1 fully saturated rings. The van der Waals surface area contributed by atoms with Crippen molar-refractivity contribution < 1.29 is 14.1 Å². The van der Waals surface area contributed by atoms with Crippen LogP contribution in [-0.2, 0) is 4.79 Å². The minimum absolute atomic E-state index is 0.0215. The van der Waals surface area contributed by atoms with Crippen molar-refractivity contribution in [2.45, 2.75) is 39.0 Å². The number of unbranched alkanes of at least 4 members (excludes halogenated alkanes) is 1. The summed E-state index contributed by atoms with van der Waals surface area (Å²) in [5.74, 6) is 1.69. The summed E-state index contributed by atoms with van der Waals surface area (Å²) in [4.78, 5) is 18.8. The maximum atomic E-state index is 12.6. The van der Waals surface area contributed by atoms with Gasteiger partial charge in [0.1, 0.15) is 5.75 Å². The van der Waals surface area contributed by atoms with E-state index in [2.05, 4.69) is 17.1 Å². The minimum Gasteiger partial charge on any atom is -0.494 e. The zero-order chi connectivity index (χ0) is 21.1. The van der Waals surface area contributed by atoms with Gasteiger partial charge in [0, 0.05) is 29.2 Å². The number of hydrogen-bond acceptors (Lipinski definition) is 5. The van der Waals surface area contributed by atoms with Crippen molar-refractivity contribution >= 4 is 23.2 Å². The van der Waals surface area contributed by atoms with Crippen LogP contribution in [0.25, 0.3) is 11.4 Å². The number of aryl methyl sites for hydroxylation is 1. The molecule has 4 rings (SSSR count). The van der Waals surface area contributed by atoms with E-state index < -0.39 is 0 Å². The number of anilines is 1. The normalized spacial score (nSPS) is 16.3. The van der Waals surface area contributed by atoms with E-state index in [1.54, 1.807) is 4.90 Å². The summed E-state index contributed by atoms with van der Waals surface area (Å²) in [7, 11) is 0. The third-order valence-electron chi connectivity index (χ3n) is 5.26. The number of carbonyl (C=O) groups excluding carboxylic acids is 1. The van der Waals surface area contributed by atoms with Crippen LogP contribution >= 0.6 is 11.6 Å². The average Bonchev–Trinajstić information content (AvgIpc) is 3.38. The van der Waals surface area contributed by atoms with E-state index in [1.807, 2.05) is 49.4 Å². The summed E-state index contributed by atoms with van der Waals surface area (Å²) in [6, 6.07) is 13.3. The molecular weight excluding hydrogens is 402 g/mol. The van der Waals surface area contributed by atoms with E-state index in [1.165, 1.54) is 0 Å².